The van der Waals surface area contributed by atoms with Crippen LogP contribution < -0.4 is 5.32 Å². The van der Waals surface area contributed by atoms with Crippen LogP contribution in [0.15, 0.2) is 11.1 Å². The van der Waals surface area contributed by atoms with Gasteiger partial charge in [-0.3, -0.25) is 0 Å². The summed E-state index contributed by atoms with van der Waals surface area (Å²) in [4.78, 5) is 1.51. The van der Waals surface area contributed by atoms with Gasteiger partial charge in [-0.25, -0.2) is 0 Å². The third-order valence-electron chi connectivity index (χ3n) is 2.65. The number of hydrogen-bond donors (Lipinski definition) is 1. The van der Waals surface area contributed by atoms with Gasteiger partial charge >= 0.3 is 0 Å². The number of nitrogens with one attached hydrogen (secondary N) is 1. The minimum absolute atomic E-state index is 0.653. The summed E-state index contributed by atoms with van der Waals surface area (Å²) >= 11 is 2.03. The van der Waals surface area contributed by atoms with E-state index in [0.717, 1.165) is 5.92 Å². The molecule has 0 bridgehead atoms. The Morgan fingerprint density at radius 1 is 1.46 bits per heavy atom. The molecule has 1 N–H and O–H groups in total. The average Bonchev–Trinajstić information content (AvgIpc) is 2.62. The van der Waals surface area contributed by atoms with Gasteiger partial charge in [0, 0.05) is 11.1 Å². The van der Waals surface area contributed by atoms with Crippen LogP contribution in [0.2, 0.25) is 0 Å². The fourth-order valence-corrected chi connectivity index (χ4v) is 3.05. The highest BCUT2D eigenvalue weighted by Crippen LogP contribution is 2.34. The molecule has 1 nitrogen and oxygen atoms in total. The van der Waals surface area contributed by atoms with Gasteiger partial charge in [-0.05, 0) is 18.8 Å². The second-order valence-corrected chi connectivity index (χ2v) is 4.89. The van der Waals surface area contributed by atoms with Crippen LogP contribution >= 0.6 is 11.8 Å². The van der Waals surface area contributed by atoms with Crippen LogP contribution in [0.1, 0.15) is 46.5 Å². The Bertz CT molecular complexity index is 177. The minimum Gasteiger partial charge on any atom is -0.378 e. The molecule has 0 spiro atoms. The van der Waals surface area contributed by atoms with E-state index in [2.05, 4.69) is 32.3 Å². The van der Waals surface area contributed by atoms with Gasteiger partial charge in [0.05, 0.1) is 5.37 Å². The Morgan fingerprint density at radius 3 is 2.69 bits per heavy atom. The molecule has 76 valence electrons. The molecule has 0 aliphatic carbocycles. The average molecular weight is 199 g/mol. The predicted octanol–water partition coefficient (Wildman–Crippen LogP) is 3.73. The maximum Gasteiger partial charge on any atom is 0.0789 e. The molecular formula is C11H21NS. The van der Waals surface area contributed by atoms with E-state index in [1.54, 1.807) is 0 Å². The molecule has 0 saturated heterocycles. The van der Waals surface area contributed by atoms with Crippen molar-refractivity contribution in [2.75, 3.05) is 0 Å². The number of hydrogen-bond acceptors (Lipinski definition) is 2. The first-order valence-electron chi connectivity index (χ1n) is 5.43. The van der Waals surface area contributed by atoms with Crippen molar-refractivity contribution in [3.05, 3.63) is 11.1 Å². The Kier molecular flexibility index (Phi) is 4.71. The first-order valence-corrected chi connectivity index (χ1v) is 6.31. The lowest BCUT2D eigenvalue weighted by molar-refractivity contribution is 0.429. The van der Waals surface area contributed by atoms with Gasteiger partial charge in [-0.1, -0.05) is 33.6 Å². The van der Waals surface area contributed by atoms with Gasteiger partial charge in [0.25, 0.3) is 0 Å². The molecule has 0 aromatic carbocycles. The maximum absolute atomic E-state index is 3.49. The molecule has 2 unspecified atom stereocenters. The summed E-state index contributed by atoms with van der Waals surface area (Å²) in [6.45, 7) is 6.80. The van der Waals surface area contributed by atoms with Crippen LogP contribution in [0.3, 0.4) is 0 Å². The van der Waals surface area contributed by atoms with Crippen molar-refractivity contribution in [2.45, 2.75) is 51.8 Å². The fourth-order valence-electron chi connectivity index (χ4n) is 1.76. The smallest absolute Gasteiger partial charge is 0.0789 e. The van der Waals surface area contributed by atoms with Crippen LogP contribution in [0.5, 0.6) is 0 Å². The molecule has 0 aromatic heterocycles. The summed E-state index contributed by atoms with van der Waals surface area (Å²) in [5.74, 6) is 0.843. The molecule has 2 atom stereocenters. The third kappa shape index (κ3) is 2.94. The molecule has 1 aliphatic heterocycles. The van der Waals surface area contributed by atoms with Crippen molar-refractivity contribution in [3.8, 4) is 0 Å². The Balaban J connectivity index is 2.37. The highest BCUT2D eigenvalue weighted by molar-refractivity contribution is 8.03. The van der Waals surface area contributed by atoms with Gasteiger partial charge in [0.1, 0.15) is 0 Å². The molecule has 0 saturated carbocycles. The van der Waals surface area contributed by atoms with Crippen LogP contribution in [-0.4, -0.2) is 5.37 Å². The normalized spacial score (nSPS) is 23.9. The van der Waals surface area contributed by atoms with Crippen LogP contribution in [0.4, 0.5) is 0 Å². The maximum atomic E-state index is 3.49. The largest absolute Gasteiger partial charge is 0.378 e. The first kappa shape index (κ1) is 11.0. The lowest BCUT2D eigenvalue weighted by Gasteiger charge is -2.21. The molecule has 13 heavy (non-hydrogen) atoms. The summed E-state index contributed by atoms with van der Waals surface area (Å²) in [6.07, 6.45) is 7.33. The summed E-state index contributed by atoms with van der Waals surface area (Å²) in [7, 11) is 0. The first-order chi connectivity index (χ1) is 6.31. The molecule has 0 fully saturated rings. The van der Waals surface area contributed by atoms with Crippen molar-refractivity contribution in [3.63, 3.8) is 0 Å². The molecule has 0 amide bonds. The SMILES string of the molecule is CCCC(CC)C1NC=C(CC)S1. The van der Waals surface area contributed by atoms with Gasteiger partial charge in [-0.2, -0.15) is 0 Å². The van der Waals surface area contributed by atoms with Crippen molar-refractivity contribution < 1.29 is 0 Å². The topological polar surface area (TPSA) is 12.0 Å². The van der Waals surface area contributed by atoms with E-state index < -0.39 is 0 Å². The van der Waals surface area contributed by atoms with E-state index >= 15 is 0 Å². The van der Waals surface area contributed by atoms with Crippen molar-refractivity contribution in [2.24, 2.45) is 5.92 Å². The summed E-state index contributed by atoms with van der Waals surface area (Å²) in [5, 5.41) is 4.15. The monoisotopic (exact) mass is 199 g/mol. The predicted molar refractivity (Wildman–Crippen MR) is 61.6 cm³/mol. The van der Waals surface area contributed by atoms with Crippen LogP contribution in [0, 0.1) is 5.92 Å². The number of thioether (sulfide) groups is 1. The van der Waals surface area contributed by atoms with E-state index in [4.69, 9.17) is 0 Å². The standard InChI is InChI=1S/C11H21NS/c1-4-7-9(5-2)11-12-8-10(6-3)13-11/h8-9,11-12H,4-7H2,1-3H3. The zero-order valence-corrected chi connectivity index (χ0v) is 9.79. The molecule has 1 rings (SSSR count). The zero-order valence-electron chi connectivity index (χ0n) is 8.97. The quantitative estimate of drug-likeness (QED) is 0.724. The van der Waals surface area contributed by atoms with E-state index in [0.29, 0.717) is 5.37 Å². The molecule has 0 radical (unpaired) electrons. The van der Waals surface area contributed by atoms with E-state index in [9.17, 15) is 0 Å². The lowest BCUT2D eigenvalue weighted by atomic mass is 10.0. The second kappa shape index (κ2) is 5.58. The van der Waals surface area contributed by atoms with Crippen molar-refractivity contribution in [1.82, 2.24) is 5.32 Å². The minimum atomic E-state index is 0.653. The van der Waals surface area contributed by atoms with Gasteiger partial charge in [0.2, 0.25) is 0 Å². The van der Waals surface area contributed by atoms with E-state index in [-0.39, 0.29) is 0 Å². The van der Waals surface area contributed by atoms with E-state index in [1.165, 1.54) is 30.6 Å². The van der Waals surface area contributed by atoms with Crippen molar-refractivity contribution in [1.29, 1.82) is 0 Å². The summed E-state index contributed by atoms with van der Waals surface area (Å²) in [5.41, 5.74) is 0. The third-order valence-corrected chi connectivity index (χ3v) is 4.13. The number of rotatable bonds is 5. The van der Waals surface area contributed by atoms with E-state index in [1.807, 2.05) is 11.8 Å². The van der Waals surface area contributed by atoms with Crippen molar-refractivity contribution >= 4 is 11.8 Å². The van der Waals surface area contributed by atoms with Gasteiger partial charge in [-0.15, -0.1) is 11.8 Å². The Labute approximate surface area is 86.4 Å². The molecule has 2 heteroatoms. The zero-order chi connectivity index (χ0) is 9.68. The fraction of sp³-hybridized carbons (Fsp3) is 0.818. The molecule has 1 aliphatic rings. The Morgan fingerprint density at radius 2 is 2.23 bits per heavy atom. The summed E-state index contributed by atoms with van der Waals surface area (Å²) in [6, 6.07) is 0. The van der Waals surface area contributed by atoms with Crippen LogP contribution in [0.25, 0.3) is 0 Å². The lowest BCUT2D eigenvalue weighted by Crippen LogP contribution is -2.25. The van der Waals surface area contributed by atoms with Crippen LogP contribution in [-0.2, 0) is 0 Å². The van der Waals surface area contributed by atoms with Gasteiger partial charge < -0.3 is 5.32 Å². The molecule has 0 aromatic rings. The molecule has 1 heterocycles. The second-order valence-electron chi connectivity index (χ2n) is 3.63. The number of allylic oxidation sites excluding steroid dienone is 1. The highest BCUT2D eigenvalue weighted by atomic mass is 32.2. The Hall–Kier alpha value is -0.110. The molecular weight excluding hydrogens is 178 g/mol. The summed E-state index contributed by atoms with van der Waals surface area (Å²) < 4.78 is 0. The highest BCUT2D eigenvalue weighted by Gasteiger charge is 2.23. The van der Waals surface area contributed by atoms with Gasteiger partial charge in [0.15, 0.2) is 0 Å².